The quantitative estimate of drug-likeness (QED) is 0.557. The zero-order valence-electron chi connectivity index (χ0n) is 13.0. The third-order valence-electron chi connectivity index (χ3n) is 3.74. The van der Waals surface area contributed by atoms with Gasteiger partial charge in [-0.05, 0) is 17.9 Å². The predicted octanol–water partition coefficient (Wildman–Crippen LogP) is 4.67. The molecule has 0 N–H and O–H groups in total. The van der Waals surface area contributed by atoms with E-state index in [-0.39, 0.29) is 0 Å². The van der Waals surface area contributed by atoms with E-state index in [1.54, 1.807) is 7.11 Å². The van der Waals surface area contributed by atoms with Gasteiger partial charge in [-0.25, -0.2) is 0 Å². The highest BCUT2D eigenvalue weighted by Crippen LogP contribution is 2.16. The minimum Gasteiger partial charge on any atom is -0.399 e. The summed E-state index contributed by atoms with van der Waals surface area (Å²) in [4.78, 5) is 5.01. The zero-order chi connectivity index (χ0) is 15.1. The number of hydrogen-bond acceptors (Lipinski definition) is 2. The Morgan fingerprint density at radius 2 is 1.62 bits per heavy atom. The van der Waals surface area contributed by atoms with E-state index in [1.165, 1.54) is 12.0 Å². The molecule has 0 aliphatic carbocycles. The molecule has 2 rings (SSSR count). The molecule has 1 atom stereocenters. The second kappa shape index (κ2) is 7.63. The molecule has 0 heterocycles. The molecular weight excluding hydrogens is 258 g/mol. The lowest BCUT2D eigenvalue weighted by molar-refractivity contribution is 0.214. The second-order valence-corrected chi connectivity index (χ2v) is 5.40. The molecule has 0 spiro atoms. The van der Waals surface area contributed by atoms with E-state index < -0.39 is 0 Å². The van der Waals surface area contributed by atoms with Crippen LogP contribution in [0, 0.1) is 5.92 Å². The molecule has 1 unspecified atom stereocenters. The maximum Gasteiger partial charge on any atom is 0.117 e. The van der Waals surface area contributed by atoms with Gasteiger partial charge in [0.15, 0.2) is 0 Å². The summed E-state index contributed by atoms with van der Waals surface area (Å²) in [6, 6.07) is 18.8. The zero-order valence-corrected chi connectivity index (χ0v) is 13.0. The minimum absolute atomic E-state index is 0.720. The Labute approximate surface area is 127 Å². The molecule has 0 radical (unpaired) electrons. The highest BCUT2D eigenvalue weighted by molar-refractivity contribution is 6.12. The molecule has 0 bridgehead atoms. The maximum absolute atomic E-state index is 5.01. The lowest BCUT2D eigenvalue weighted by Gasteiger charge is -2.10. The predicted molar refractivity (Wildman–Crippen MR) is 88.7 cm³/mol. The van der Waals surface area contributed by atoms with Crippen LogP contribution >= 0.6 is 0 Å². The van der Waals surface area contributed by atoms with Gasteiger partial charge in [0.05, 0.1) is 0 Å². The average Bonchev–Trinajstić information content (AvgIpc) is 2.54. The lowest BCUT2D eigenvalue weighted by atomic mass is 9.96. The fourth-order valence-corrected chi connectivity index (χ4v) is 2.30. The van der Waals surface area contributed by atoms with Crippen LogP contribution in [0.15, 0.2) is 59.8 Å². The highest BCUT2D eigenvalue weighted by atomic mass is 16.6. The summed E-state index contributed by atoms with van der Waals surface area (Å²) in [5.41, 5.74) is 4.39. The van der Waals surface area contributed by atoms with Crippen molar-refractivity contribution in [1.29, 1.82) is 0 Å². The van der Waals surface area contributed by atoms with Crippen molar-refractivity contribution in [3.63, 3.8) is 0 Å². The molecule has 2 aromatic rings. The summed E-state index contributed by atoms with van der Waals surface area (Å²) in [5, 5.41) is 4.19. The van der Waals surface area contributed by atoms with E-state index in [0.29, 0.717) is 0 Å². The van der Waals surface area contributed by atoms with E-state index >= 15 is 0 Å². The highest BCUT2D eigenvalue weighted by Gasteiger charge is 2.08. The van der Waals surface area contributed by atoms with E-state index in [2.05, 4.69) is 43.3 Å². The van der Waals surface area contributed by atoms with Crippen LogP contribution in [-0.4, -0.2) is 12.8 Å². The minimum atomic E-state index is 0.720. The molecule has 0 saturated heterocycles. The summed E-state index contributed by atoms with van der Waals surface area (Å²) >= 11 is 0. The summed E-state index contributed by atoms with van der Waals surface area (Å²) in [7, 11) is 1.58. The molecule has 0 aromatic heterocycles. The van der Waals surface area contributed by atoms with Gasteiger partial charge in [-0.1, -0.05) is 80.0 Å². The average molecular weight is 281 g/mol. The molecule has 21 heavy (non-hydrogen) atoms. The molecule has 0 aliphatic heterocycles. The van der Waals surface area contributed by atoms with Gasteiger partial charge in [0.25, 0.3) is 0 Å². The van der Waals surface area contributed by atoms with Gasteiger partial charge in [0, 0.05) is 11.1 Å². The number of benzene rings is 2. The third-order valence-corrected chi connectivity index (χ3v) is 3.74. The van der Waals surface area contributed by atoms with Crippen molar-refractivity contribution in [2.24, 2.45) is 11.1 Å². The largest absolute Gasteiger partial charge is 0.399 e. The van der Waals surface area contributed by atoms with E-state index in [4.69, 9.17) is 4.84 Å². The molecule has 110 valence electrons. The van der Waals surface area contributed by atoms with Gasteiger partial charge < -0.3 is 4.84 Å². The monoisotopic (exact) mass is 281 g/mol. The summed E-state index contributed by atoms with van der Waals surface area (Å²) in [5.74, 6) is 0.720. The third kappa shape index (κ3) is 4.19. The fourth-order valence-electron chi connectivity index (χ4n) is 2.30. The summed E-state index contributed by atoms with van der Waals surface area (Å²) in [6.07, 6.45) is 2.33. The Hall–Kier alpha value is -2.09. The van der Waals surface area contributed by atoms with Crippen LogP contribution in [-0.2, 0) is 11.3 Å². The molecule has 0 fully saturated rings. The van der Waals surface area contributed by atoms with Crippen LogP contribution in [0.25, 0.3) is 0 Å². The fraction of sp³-hybridized carbons (Fsp3) is 0.316. The topological polar surface area (TPSA) is 21.6 Å². The Morgan fingerprint density at radius 1 is 1.00 bits per heavy atom. The van der Waals surface area contributed by atoms with E-state index in [9.17, 15) is 0 Å². The standard InChI is InChI=1S/C19H23NO/c1-4-15(2)14-16-10-12-18(13-11-16)19(20-21-3)17-8-6-5-7-9-17/h5-13,15H,4,14H2,1-3H3. The van der Waals surface area contributed by atoms with Crippen molar-refractivity contribution in [3.05, 3.63) is 71.3 Å². The first-order valence-electron chi connectivity index (χ1n) is 7.50. The summed E-state index contributed by atoms with van der Waals surface area (Å²) in [6.45, 7) is 4.52. The Bertz CT molecular complexity index is 572. The van der Waals surface area contributed by atoms with Crippen molar-refractivity contribution in [1.82, 2.24) is 0 Å². The molecule has 0 amide bonds. The van der Waals surface area contributed by atoms with Gasteiger partial charge in [0.1, 0.15) is 12.8 Å². The second-order valence-electron chi connectivity index (χ2n) is 5.40. The maximum atomic E-state index is 5.01. The molecule has 2 aromatic carbocycles. The first-order chi connectivity index (χ1) is 10.2. The Morgan fingerprint density at radius 3 is 2.19 bits per heavy atom. The van der Waals surface area contributed by atoms with Crippen LogP contribution in [0.1, 0.15) is 37.0 Å². The van der Waals surface area contributed by atoms with Crippen molar-refractivity contribution in [2.75, 3.05) is 7.11 Å². The van der Waals surface area contributed by atoms with Crippen LogP contribution < -0.4 is 0 Å². The van der Waals surface area contributed by atoms with E-state index in [1.807, 2.05) is 30.3 Å². The van der Waals surface area contributed by atoms with Gasteiger partial charge >= 0.3 is 0 Å². The number of rotatable bonds is 6. The normalized spacial score (nSPS) is 13.0. The SMILES string of the molecule is CCC(C)Cc1ccc(C(=NOC)c2ccccc2)cc1. The molecule has 0 saturated carbocycles. The van der Waals surface area contributed by atoms with Crippen molar-refractivity contribution < 1.29 is 4.84 Å². The van der Waals surface area contributed by atoms with Gasteiger partial charge in [-0.3, -0.25) is 0 Å². The Kier molecular flexibility index (Phi) is 5.56. The first kappa shape index (κ1) is 15.3. The van der Waals surface area contributed by atoms with Gasteiger partial charge in [-0.2, -0.15) is 0 Å². The molecule has 0 aliphatic rings. The van der Waals surface area contributed by atoms with Crippen LogP contribution in [0.5, 0.6) is 0 Å². The van der Waals surface area contributed by atoms with Crippen molar-refractivity contribution in [2.45, 2.75) is 26.7 Å². The smallest absolute Gasteiger partial charge is 0.117 e. The number of hydrogen-bond donors (Lipinski definition) is 0. The number of oxime groups is 1. The van der Waals surface area contributed by atoms with Crippen LogP contribution in [0.3, 0.4) is 0 Å². The van der Waals surface area contributed by atoms with Crippen LogP contribution in [0.4, 0.5) is 0 Å². The molecule has 2 heteroatoms. The number of nitrogens with zero attached hydrogens (tertiary/aromatic N) is 1. The van der Waals surface area contributed by atoms with Crippen molar-refractivity contribution in [3.8, 4) is 0 Å². The van der Waals surface area contributed by atoms with Crippen molar-refractivity contribution >= 4 is 5.71 Å². The Balaban J connectivity index is 2.24. The first-order valence-corrected chi connectivity index (χ1v) is 7.50. The van der Waals surface area contributed by atoms with Gasteiger partial charge in [-0.15, -0.1) is 0 Å². The lowest BCUT2D eigenvalue weighted by Crippen LogP contribution is -2.04. The molecular formula is C19H23NO. The van der Waals surface area contributed by atoms with E-state index in [0.717, 1.165) is 29.2 Å². The van der Waals surface area contributed by atoms with Gasteiger partial charge in [0.2, 0.25) is 0 Å². The molecule has 2 nitrogen and oxygen atoms in total. The van der Waals surface area contributed by atoms with Crippen LogP contribution in [0.2, 0.25) is 0 Å². The summed E-state index contributed by atoms with van der Waals surface area (Å²) < 4.78 is 0.